The molecule has 1 unspecified atom stereocenters. The van der Waals surface area contributed by atoms with Gasteiger partial charge in [0.15, 0.2) is 0 Å². The van der Waals surface area contributed by atoms with Gasteiger partial charge in [-0.05, 0) is 169 Å². The Kier molecular flexibility index (Phi) is 9.88. The van der Waals surface area contributed by atoms with Crippen LogP contribution in [0.15, 0.2) is 249 Å². The molecule has 0 aliphatic heterocycles. The number of benzene rings is 11. The van der Waals surface area contributed by atoms with Crippen molar-refractivity contribution in [3.63, 3.8) is 0 Å². The van der Waals surface area contributed by atoms with E-state index in [-0.39, 0.29) is 0 Å². The Morgan fingerprint density at radius 1 is 0.296 bits per heavy atom. The highest BCUT2D eigenvalue weighted by molar-refractivity contribution is 6.01. The van der Waals surface area contributed by atoms with E-state index in [0.29, 0.717) is 5.92 Å². The van der Waals surface area contributed by atoms with E-state index < -0.39 is 5.41 Å². The predicted octanol–water partition coefficient (Wildman–Crippen LogP) is 19.0. The second-order valence-corrected chi connectivity index (χ2v) is 19.8. The van der Waals surface area contributed by atoms with Crippen LogP contribution in [0.3, 0.4) is 0 Å². The van der Waals surface area contributed by atoms with Crippen molar-refractivity contribution in [3.8, 4) is 33.4 Å². The largest absolute Gasteiger partial charge is 0.310 e. The van der Waals surface area contributed by atoms with Crippen molar-refractivity contribution in [2.75, 3.05) is 9.80 Å². The van der Waals surface area contributed by atoms with E-state index >= 15 is 0 Å². The topological polar surface area (TPSA) is 6.48 Å². The molecule has 0 saturated heterocycles. The van der Waals surface area contributed by atoms with Crippen LogP contribution in [0, 0.1) is 0 Å². The van der Waals surface area contributed by atoms with Gasteiger partial charge in [0.2, 0.25) is 0 Å². The van der Waals surface area contributed by atoms with Crippen LogP contribution in [0.25, 0.3) is 54.9 Å². The van der Waals surface area contributed by atoms with Crippen molar-refractivity contribution >= 4 is 55.7 Å². The molecule has 0 bridgehead atoms. The molecular weight excluding hydrogens is 857 g/mol. The summed E-state index contributed by atoms with van der Waals surface area (Å²) < 4.78 is 0. The molecule has 0 heterocycles. The summed E-state index contributed by atoms with van der Waals surface area (Å²) in [5, 5.41) is 4.90. The van der Waals surface area contributed by atoms with Gasteiger partial charge in [0.1, 0.15) is 0 Å². The van der Waals surface area contributed by atoms with E-state index in [1.54, 1.807) is 0 Å². The van der Waals surface area contributed by atoms with Gasteiger partial charge in [0, 0.05) is 34.0 Å². The van der Waals surface area contributed by atoms with Gasteiger partial charge < -0.3 is 9.80 Å². The quantitative estimate of drug-likeness (QED) is 0.150. The van der Waals surface area contributed by atoms with E-state index in [2.05, 4.69) is 259 Å². The molecule has 2 nitrogen and oxygen atoms in total. The zero-order valence-corrected chi connectivity index (χ0v) is 39.7. The highest BCUT2D eigenvalue weighted by Gasteiger charge is 2.52. The van der Waals surface area contributed by atoms with Crippen molar-refractivity contribution in [2.24, 2.45) is 0 Å². The van der Waals surface area contributed by atoms with Gasteiger partial charge in [0.25, 0.3) is 0 Å². The third kappa shape index (κ3) is 6.69. The Balaban J connectivity index is 1.00. The summed E-state index contributed by atoms with van der Waals surface area (Å²) in [6, 6.07) is 93.5. The summed E-state index contributed by atoms with van der Waals surface area (Å²) in [5.74, 6) is 0.640. The maximum atomic E-state index is 2.53. The number of para-hydroxylation sites is 1. The Labute approximate surface area is 416 Å². The fraction of sp³-hybridized carbons (Fsp3) is 0.101. The van der Waals surface area contributed by atoms with Crippen molar-refractivity contribution in [2.45, 2.75) is 43.4 Å². The van der Waals surface area contributed by atoms with Gasteiger partial charge in [-0.3, -0.25) is 0 Å². The number of fused-ring (bicyclic) bond motifs is 12. The lowest BCUT2D eigenvalue weighted by Gasteiger charge is -2.34. The van der Waals surface area contributed by atoms with Gasteiger partial charge in [-0.15, -0.1) is 0 Å². The smallest absolute Gasteiger partial charge is 0.0727 e. The first kappa shape index (κ1) is 41.5. The van der Waals surface area contributed by atoms with Crippen LogP contribution < -0.4 is 9.80 Å². The molecule has 0 radical (unpaired) electrons. The van der Waals surface area contributed by atoms with Crippen LogP contribution in [0.4, 0.5) is 34.1 Å². The molecule has 71 heavy (non-hydrogen) atoms. The van der Waals surface area contributed by atoms with Gasteiger partial charge in [0.05, 0.1) is 11.1 Å². The minimum Gasteiger partial charge on any atom is -0.310 e. The molecule has 3 aliphatic carbocycles. The standard InChI is InChI=1S/C69H52N2/c1-4-18-47(19-5-1)49-32-35-55(36-33-49)70(56-37-34-48-20-10-11-23-51(48)42-56)57-38-40-61-59-28-14-16-30-64(59)69(66(61)45-57)65-31-17-15-29-60(65)62-41-39-58(46-67(62)69)71(54-26-8-3-9-27-54)68-44-53-25-13-12-24-52(53)43-63(68)50-21-6-2-7-22-50/h2-3,6-17,20-47H,1,4-5,18-19H2. The fourth-order valence-electron chi connectivity index (χ4n) is 12.8. The SMILES string of the molecule is c1ccc(-c2cc3ccccc3cc2N(c2ccccc2)c2ccc3c(c2)C2(c4ccccc4-c4ccc(N(c5ccc(C6CCCCC6)cc5)c5ccc6ccccc6c5)cc42)c2ccccc2-3)cc1. The summed E-state index contributed by atoms with van der Waals surface area (Å²) in [6.45, 7) is 0. The van der Waals surface area contributed by atoms with Crippen molar-refractivity contribution < 1.29 is 0 Å². The molecule has 11 aromatic rings. The normalized spacial score (nSPS) is 15.6. The summed E-state index contributed by atoms with van der Waals surface area (Å²) in [5.41, 5.74) is 20.5. The van der Waals surface area contributed by atoms with E-state index in [1.807, 2.05) is 0 Å². The lowest BCUT2D eigenvalue weighted by Crippen LogP contribution is -2.26. The minimum absolute atomic E-state index is 0.586. The molecule has 338 valence electrons. The zero-order valence-electron chi connectivity index (χ0n) is 39.7. The third-order valence-electron chi connectivity index (χ3n) is 16.0. The first-order chi connectivity index (χ1) is 35.2. The Hall–Kier alpha value is -8.46. The Bertz CT molecular complexity index is 3800. The summed E-state index contributed by atoms with van der Waals surface area (Å²) in [6.07, 6.45) is 6.57. The van der Waals surface area contributed by atoms with Crippen LogP contribution >= 0.6 is 0 Å². The number of hydrogen-bond donors (Lipinski definition) is 0. The molecule has 0 N–H and O–H groups in total. The van der Waals surface area contributed by atoms with Gasteiger partial charge in [-0.2, -0.15) is 0 Å². The molecule has 1 fully saturated rings. The molecule has 2 heteroatoms. The predicted molar refractivity (Wildman–Crippen MR) is 298 cm³/mol. The lowest BCUT2D eigenvalue weighted by molar-refractivity contribution is 0.443. The highest BCUT2D eigenvalue weighted by Crippen LogP contribution is 2.64. The van der Waals surface area contributed by atoms with E-state index in [9.17, 15) is 0 Å². The van der Waals surface area contributed by atoms with E-state index in [4.69, 9.17) is 0 Å². The molecule has 1 spiro atoms. The molecular formula is C69H52N2. The molecule has 3 aliphatic rings. The average Bonchev–Trinajstić information content (AvgIpc) is 3.92. The van der Waals surface area contributed by atoms with Gasteiger partial charge >= 0.3 is 0 Å². The second-order valence-electron chi connectivity index (χ2n) is 19.8. The first-order valence-electron chi connectivity index (χ1n) is 25.5. The number of nitrogens with zero attached hydrogens (tertiary/aromatic N) is 2. The summed E-state index contributed by atoms with van der Waals surface area (Å²) in [7, 11) is 0. The molecule has 11 aromatic carbocycles. The zero-order chi connectivity index (χ0) is 46.9. The van der Waals surface area contributed by atoms with Crippen LogP contribution in [-0.4, -0.2) is 0 Å². The number of rotatable bonds is 8. The molecule has 14 rings (SSSR count). The second kappa shape index (κ2) is 16.9. The van der Waals surface area contributed by atoms with Gasteiger partial charge in [-0.25, -0.2) is 0 Å². The monoisotopic (exact) mass is 908 g/mol. The first-order valence-corrected chi connectivity index (χ1v) is 25.5. The van der Waals surface area contributed by atoms with Crippen molar-refractivity contribution in [1.29, 1.82) is 0 Å². The average molecular weight is 909 g/mol. The third-order valence-corrected chi connectivity index (χ3v) is 16.0. The van der Waals surface area contributed by atoms with Gasteiger partial charge in [-0.1, -0.05) is 195 Å². The van der Waals surface area contributed by atoms with Crippen molar-refractivity contribution in [3.05, 3.63) is 277 Å². The van der Waals surface area contributed by atoms with Crippen LogP contribution in [0.2, 0.25) is 0 Å². The molecule has 0 aromatic heterocycles. The van der Waals surface area contributed by atoms with Crippen LogP contribution in [-0.2, 0) is 5.41 Å². The van der Waals surface area contributed by atoms with Crippen LogP contribution in [0.1, 0.15) is 65.8 Å². The van der Waals surface area contributed by atoms with Crippen molar-refractivity contribution in [1.82, 2.24) is 0 Å². The fourth-order valence-corrected chi connectivity index (χ4v) is 12.8. The summed E-state index contributed by atoms with van der Waals surface area (Å²) in [4.78, 5) is 4.98. The molecule has 1 saturated carbocycles. The molecule has 1 atom stereocenters. The summed E-state index contributed by atoms with van der Waals surface area (Å²) >= 11 is 0. The Morgan fingerprint density at radius 3 is 1.41 bits per heavy atom. The lowest BCUT2D eigenvalue weighted by atomic mass is 9.70. The van der Waals surface area contributed by atoms with E-state index in [0.717, 1.165) is 28.4 Å². The van der Waals surface area contributed by atoms with Crippen LogP contribution in [0.5, 0.6) is 0 Å². The Morgan fingerprint density at radius 2 is 0.761 bits per heavy atom. The molecule has 0 amide bonds. The van der Waals surface area contributed by atoms with E-state index in [1.165, 1.54) is 121 Å². The number of anilines is 6. The maximum Gasteiger partial charge on any atom is 0.0727 e. The highest BCUT2D eigenvalue weighted by atomic mass is 15.1. The minimum atomic E-state index is -0.586. The number of hydrogen-bond acceptors (Lipinski definition) is 2. The maximum absolute atomic E-state index is 2.53.